The van der Waals surface area contributed by atoms with Crippen LogP contribution >= 0.6 is 0 Å². The highest BCUT2D eigenvalue weighted by molar-refractivity contribution is 5.79. The molecule has 0 N–H and O–H groups in total. The van der Waals surface area contributed by atoms with E-state index in [1.165, 1.54) is 11.1 Å². The van der Waals surface area contributed by atoms with Gasteiger partial charge < -0.3 is 9.80 Å². The van der Waals surface area contributed by atoms with Crippen LogP contribution in [0.15, 0.2) is 18.0 Å². The van der Waals surface area contributed by atoms with E-state index in [1.807, 2.05) is 11.8 Å². The van der Waals surface area contributed by atoms with Crippen LogP contribution in [-0.2, 0) is 4.79 Å². The van der Waals surface area contributed by atoms with Crippen LogP contribution in [0, 0.1) is 19.3 Å². The predicted octanol–water partition coefficient (Wildman–Crippen LogP) is 2.88. The third-order valence-corrected chi connectivity index (χ3v) is 5.56. The number of anilines is 1. The summed E-state index contributed by atoms with van der Waals surface area (Å²) in [7, 11) is 0. The van der Waals surface area contributed by atoms with Gasteiger partial charge in [0, 0.05) is 49.3 Å². The molecule has 0 atom stereocenters. The van der Waals surface area contributed by atoms with Crippen LogP contribution < -0.4 is 4.90 Å². The van der Waals surface area contributed by atoms with Crippen LogP contribution in [0.1, 0.15) is 44.4 Å². The molecule has 5 heteroatoms. The molecule has 1 aromatic rings. The molecule has 2 aliphatic rings. The number of allylic oxidation sites excluding steroid dienone is 1. The SMILES string of the molecule is CC(C)=CCN1CC2(CCN(c3ncnc(C)c3C)CC2)CC1=O. The van der Waals surface area contributed by atoms with Gasteiger partial charge in [-0.2, -0.15) is 0 Å². The molecule has 130 valence electrons. The Balaban J connectivity index is 1.66. The van der Waals surface area contributed by atoms with Gasteiger partial charge in [0.15, 0.2) is 0 Å². The molecule has 2 fully saturated rings. The number of piperidine rings is 1. The van der Waals surface area contributed by atoms with E-state index in [9.17, 15) is 4.79 Å². The molecule has 3 heterocycles. The maximum atomic E-state index is 12.4. The lowest BCUT2D eigenvalue weighted by molar-refractivity contribution is -0.127. The van der Waals surface area contributed by atoms with Crippen LogP contribution in [-0.4, -0.2) is 47.0 Å². The lowest BCUT2D eigenvalue weighted by Gasteiger charge is -2.39. The van der Waals surface area contributed by atoms with Gasteiger partial charge in [-0.15, -0.1) is 0 Å². The summed E-state index contributed by atoms with van der Waals surface area (Å²) >= 11 is 0. The number of rotatable bonds is 3. The van der Waals surface area contributed by atoms with E-state index in [4.69, 9.17) is 0 Å². The molecule has 0 radical (unpaired) electrons. The van der Waals surface area contributed by atoms with Crippen molar-refractivity contribution in [3.05, 3.63) is 29.2 Å². The molecule has 0 aliphatic carbocycles. The Labute approximate surface area is 144 Å². The lowest BCUT2D eigenvalue weighted by Crippen LogP contribution is -2.42. The highest BCUT2D eigenvalue weighted by Gasteiger charge is 2.44. The molecule has 2 saturated heterocycles. The fraction of sp³-hybridized carbons (Fsp3) is 0.632. The zero-order valence-corrected chi connectivity index (χ0v) is 15.3. The third kappa shape index (κ3) is 3.30. The zero-order valence-electron chi connectivity index (χ0n) is 15.3. The summed E-state index contributed by atoms with van der Waals surface area (Å²) < 4.78 is 0. The first-order valence-electron chi connectivity index (χ1n) is 8.84. The van der Waals surface area contributed by atoms with Gasteiger partial charge in [-0.1, -0.05) is 11.6 Å². The predicted molar refractivity (Wildman–Crippen MR) is 96.0 cm³/mol. The molecule has 0 bridgehead atoms. The van der Waals surface area contributed by atoms with Crippen molar-refractivity contribution in [2.24, 2.45) is 5.41 Å². The van der Waals surface area contributed by atoms with E-state index in [2.05, 4.69) is 41.7 Å². The summed E-state index contributed by atoms with van der Waals surface area (Å²) in [6.45, 7) is 11.9. The molecule has 5 nitrogen and oxygen atoms in total. The van der Waals surface area contributed by atoms with Gasteiger partial charge in [-0.25, -0.2) is 9.97 Å². The van der Waals surface area contributed by atoms with Gasteiger partial charge in [0.1, 0.15) is 12.1 Å². The van der Waals surface area contributed by atoms with Crippen molar-refractivity contribution < 1.29 is 4.79 Å². The van der Waals surface area contributed by atoms with Crippen LogP contribution in [0.5, 0.6) is 0 Å². The van der Waals surface area contributed by atoms with Gasteiger partial charge >= 0.3 is 0 Å². The van der Waals surface area contributed by atoms with E-state index in [-0.39, 0.29) is 5.41 Å². The number of likely N-dealkylation sites (tertiary alicyclic amines) is 1. The average Bonchev–Trinajstić information content (AvgIpc) is 2.85. The second-order valence-corrected chi connectivity index (χ2v) is 7.63. The highest BCUT2D eigenvalue weighted by Crippen LogP contribution is 2.42. The standard InChI is InChI=1S/C19H28N4O/c1-14(2)5-8-23-12-19(11-17(23)24)6-9-22(10-7-19)18-15(3)16(4)20-13-21-18/h5,13H,6-12H2,1-4H3. The quantitative estimate of drug-likeness (QED) is 0.801. The molecular weight excluding hydrogens is 300 g/mol. The van der Waals surface area contributed by atoms with Gasteiger partial charge in [0.05, 0.1) is 0 Å². The number of carbonyl (C=O) groups is 1. The molecule has 1 spiro atoms. The summed E-state index contributed by atoms with van der Waals surface area (Å²) in [4.78, 5) is 25.5. The molecule has 2 aliphatic heterocycles. The van der Waals surface area contributed by atoms with E-state index < -0.39 is 0 Å². The maximum absolute atomic E-state index is 12.4. The van der Waals surface area contributed by atoms with Crippen molar-refractivity contribution >= 4 is 11.7 Å². The van der Waals surface area contributed by atoms with Crippen LogP contribution in [0.25, 0.3) is 0 Å². The molecule has 3 rings (SSSR count). The fourth-order valence-electron chi connectivity index (χ4n) is 3.81. The minimum absolute atomic E-state index is 0.166. The molecule has 0 unspecified atom stereocenters. The number of hydrogen-bond acceptors (Lipinski definition) is 4. The van der Waals surface area contributed by atoms with E-state index in [0.29, 0.717) is 12.3 Å². The minimum Gasteiger partial charge on any atom is -0.356 e. The van der Waals surface area contributed by atoms with E-state index in [0.717, 1.165) is 50.5 Å². The zero-order chi connectivity index (χ0) is 17.3. The number of aryl methyl sites for hydroxylation is 1. The summed E-state index contributed by atoms with van der Waals surface area (Å²) in [5.41, 5.74) is 3.65. The number of carbonyl (C=O) groups excluding carboxylic acids is 1. The van der Waals surface area contributed by atoms with Gasteiger partial charge in [-0.05, 0) is 40.5 Å². The van der Waals surface area contributed by atoms with Crippen LogP contribution in [0.4, 0.5) is 5.82 Å². The average molecular weight is 328 g/mol. The van der Waals surface area contributed by atoms with Crippen molar-refractivity contribution in [2.75, 3.05) is 31.1 Å². The monoisotopic (exact) mass is 328 g/mol. The molecular formula is C19H28N4O. The maximum Gasteiger partial charge on any atom is 0.223 e. The Bertz CT molecular complexity index is 655. The second-order valence-electron chi connectivity index (χ2n) is 7.63. The Morgan fingerprint density at radius 3 is 2.62 bits per heavy atom. The van der Waals surface area contributed by atoms with Gasteiger partial charge in [0.2, 0.25) is 5.91 Å². The fourth-order valence-corrected chi connectivity index (χ4v) is 3.81. The second kappa shape index (κ2) is 6.54. The molecule has 1 amide bonds. The molecule has 1 aromatic heterocycles. The first-order chi connectivity index (χ1) is 11.4. The minimum atomic E-state index is 0.166. The number of aromatic nitrogens is 2. The van der Waals surface area contributed by atoms with Crippen molar-refractivity contribution in [1.82, 2.24) is 14.9 Å². The smallest absolute Gasteiger partial charge is 0.223 e. The summed E-state index contributed by atoms with van der Waals surface area (Å²) in [5.74, 6) is 1.37. The van der Waals surface area contributed by atoms with Gasteiger partial charge in [0.25, 0.3) is 0 Å². The summed E-state index contributed by atoms with van der Waals surface area (Å²) in [6.07, 6.45) is 6.64. The molecule has 0 saturated carbocycles. The highest BCUT2D eigenvalue weighted by atomic mass is 16.2. The topological polar surface area (TPSA) is 49.3 Å². The first kappa shape index (κ1) is 16.9. The van der Waals surface area contributed by atoms with Crippen molar-refractivity contribution in [1.29, 1.82) is 0 Å². The van der Waals surface area contributed by atoms with Crippen molar-refractivity contribution in [2.45, 2.75) is 47.0 Å². The summed E-state index contributed by atoms with van der Waals surface area (Å²) in [6, 6.07) is 0. The first-order valence-corrected chi connectivity index (χ1v) is 8.84. The molecule has 0 aromatic carbocycles. The largest absolute Gasteiger partial charge is 0.356 e. The van der Waals surface area contributed by atoms with Crippen LogP contribution in [0.3, 0.4) is 0 Å². The molecule has 24 heavy (non-hydrogen) atoms. The normalized spacial score (nSPS) is 19.9. The Kier molecular flexibility index (Phi) is 4.61. The van der Waals surface area contributed by atoms with Gasteiger partial charge in [-0.3, -0.25) is 4.79 Å². The Morgan fingerprint density at radius 1 is 1.25 bits per heavy atom. The Hall–Kier alpha value is -1.91. The van der Waals surface area contributed by atoms with Crippen molar-refractivity contribution in [3.8, 4) is 0 Å². The third-order valence-electron chi connectivity index (χ3n) is 5.56. The van der Waals surface area contributed by atoms with E-state index >= 15 is 0 Å². The number of nitrogens with zero attached hydrogens (tertiary/aromatic N) is 4. The van der Waals surface area contributed by atoms with Crippen molar-refractivity contribution in [3.63, 3.8) is 0 Å². The van der Waals surface area contributed by atoms with E-state index in [1.54, 1.807) is 6.33 Å². The number of amides is 1. The summed E-state index contributed by atoms with van der Waals surface area (Å²) in [5, 5.41) is 0. The Morgan fingerprint density at radius 2 is 1.96 bits per heavy atom. The lowest BCUT2D eigenvalue weighted by atomic mass is 9.77. The van der Waals surface area contributed by atoms with Crippen LogP contribution in [0.2, 0.25) is 0 Å². The number of hydrogen-bond donors (Lipinski definition) is 0.